The highest BCUT2D eigenvalue weighted by Gasteiger charge is 2.11. The Balaban J connectivity index is 2.39. The molecule has 2 N–H and O–H groups in total. The number of ether oxygens (including phenoxy) is 1. The molecule has 0 aromatic heterocycles. The summed E-state index contributed by atoms with van der Waals surface area (Å²) in [5.41, 5.74) is 9.36. The smallest absolute Gasteiger partial charge is 0.119 e. The predicted octanol–water partition coefficient (Wildman–Crippen LogP) is 3.64. The van der Waals surface area contributed by atoms with Crippen LogP contribution in [-0.4, -0.2) is 20.4 Å². The number of methoxy groups -OCH3 is 1. The molecule has 0 aliphatic rings. The molecule has 0 aliphatic heterocycles. The van der Waals surface area contributed by atoms with Gasteiger partial charge in [-0.25, -0.2) is 0 Å². The van der Waals surface area contributed by atoms with Gasteiger partial charge in [0.25, 0.3) is 0 Å². The van der Waals surface area contributed by atoms with E-state index in [9.17, 15) is 0 Å². The summed E-state index contributed by atoms with van der Waals surface area (Å²) < 4.78 is 5.19. The summed E-state index contributed by atoms with van der Waals surface area (Å²) in [6.07, 6.45) is 2.08. The van der Waals surface area contributed by atoms with Crippen LogP contribution in [-0.2, 0) is 6.54 Å². The van der Waals surface area contributed by atoms with Crippen LogP contribution in [0.25, 0.3) is 0 Å². The van der Waals surface area contributed by atoms with Gasteiger partial charge in [0, 0.05) is 35.4 Å². The minimum absolute atomic E-state index is 0.535. The zero-order valence-corrected chi connectivity index (χ0v) is 12.9. The lowest BCUT2D eigenvalue weighted by Crippen LogP contribution is -2.14. The fourth-order valence-electron chi connectivity index (χ4n) is 2.21. The molecule has 0 saturated carbocycles. The van der Waals surface area contributed by atoms with Crippen LogP contribution < -0.4 is 15.4 Å². The van der Waals surface area contributed by atoms with Crippen molar-refractivity contribution in [1.82, 2.24) is 0 Å². The molecule has 0 spiro atoms. The van der Waals surface area contributed by atoms with E-state index in [1.54, 1.807) is 18.9 Å². The highest BCUT2D eigenvalue weighted by molar-refractivity contribution is 7.98. The van der Waals surface area contributed by atoms with Gasteiger partial charge in [-0.3, -0.25) is 0 Å². The molecule has 0 atom stereocenters. The highest BCUT2D eigenvalue weighted by Crippen LogP contribution is 2.33. The van der Waals surface area contributed by atoms with Crippen molar-refractivity contribution < 1.29 is 4.74 Å². The van der Waals surface area contributed by atoms with Gasteiger partial charge in [0.2, 0.25) is 0 Å². The second-order valence-corrected chi connectivity index (χ2v) is 5.27. The molecule has 0 bridgehead atoms. The minimum Gasteiger partial charge on any atom is -0.497 e. The van der Waals surface area contributed by atoms with Crippen LogP contribution >= 0.6 is 11.8 Å². The number of rotatable bonds is 5. The van der Waals surface area contributed by atoms with Crippen LogP contribution in [0.2, 0.25) is 0 Å². The molecule has 0 heterocycles. The Morgan fingerprint density at radius 1 is 1.15 bits per heavy atom. The van der Waals surface area contributed by atoms with Crippen molar-refractivity contribution in [2.24, 2.45) is 5.73 Å². The molecule has 20 heavy (non-hydrogen) atoms. The molecular formula is C16H20N2OS. The van der Waals surface area contributed by atoms with Crippen LogP contribution in [0.5, 0.6) is 5.75 Å². The molecular weight excluding hydrogens is 268 g/mol. The molecule has 0 aliphatic carbocycles. The number of nitrogens with two attached hydrogens (primary N) is 1. The van der Waals surface area contributed by atoms with Crippen molar-refractivity contribution in [3.05, 3.63) is 48.0 Å². The fraction of sp³-hybridized carbons (Fsp3) is 0.250. The Kier molecular flexibility index (Phi) is 4.93. The summed E-state index contributed by atoms with van der Waals surface area (Å²) in [5.74, 6) is 0.860. The number of benzene rings is 2. The van der Waals surface area contributed by atoms with Crippen LogP contribution in [0.4, 0.5) is 11.4 Å². The third-order valence-electron chi connectivity index (χ3n) is 3.35. The standard InChI is InChI=1S/C16H20N2OS/c1-18(12-7-9-13(19-2)10-8-12)15-5-4-6-16(20-3)14(15)11-17/h4-10H,11,17H2,1-3H3. The Hall–Kier alpha value is -1.65. The van der Waals surface area contributed by atoms with E-state index < -0.39 is 0 Å². The lowest BCUT2D eigenvalue weighted by molar-refractivity contribution is 0.415. The molecule has 4 heteroatoms. The Labute approximate surface area is 124 Å². The van der Waals surface area contributed by atoms with E-state index in [0.29, 0.717) is 6.54 Å². The van der Waals surface area contributed by atoms with Crippen LogP contribution in [0.3, 0.4) is 0 Å². The van der Waals surface area contributed by atoms with Gasteiger partial charge in [-0.1, -0.05) is 6.07 Å². The first-order valence-corrected chi connectivity index (χ1v) is 7.67. The molecule has 0 amide bonds. The van der Waals surface area contributed by atoms with Gasteiger partial charge < -0.3 is 15.4 Å². The molecule has 0 saturated heterocycles. The van der Waals surface area contributed by atoms with Crippen molar-refractivity contribution in [2.45, 2.75) is 11.4 Å². The van der Waals surface area contributed by atoms with Crippen molar-refractivity contribution in [1.29, 1.82) is 0 Å². The van der Waals surface area contributed by atoms with Gasteiger partial charge in [-0.05, 0) is 42.7 Å². The summed E-state index contributed by atoms with van der Waals surface area (Å²) in [6.45, 7) is 0.535. The lowest BCUT2D eigenvalue weighted by atomic mass is 10.1. The molecule has 0 radical (unpaired) electrons. The Morgan fingerprint density at radius 3 is 2.40 bits per heavy atom. The fourth-order valence-corrected chi connectivity index (χ4v) is 2.86. The van der Waals surface area contributed by atoms with Crippen LogP contribution in [0.1, 0.15) is 5.56 Å². The van der Waals surface area contributed by atoms with Gasteiger partial charge in [-0.15, -0.1) is 11.8 Å². The zero-order chi connectivity index (χ0) is 14.5. The average molecular weight is 288 g/mol. The number of nitrogens with zero attached hydrogens (tertiary/aromatic N) is 1. The largest absolute Gasteiger partial charge is 0.497 e. The van der Waals surface area contributed by atoms with E-state index in [1.807, 2.05) is 24.3 Å². The van der Waals surface area contributed by atoms with E-state index in [-0.39, 0.29) is 0 Å². The normalized spacial score (nSPS) is 10.4. The molecule has 0 unspecified atom stereocenters. The molecule has 2 aromatic carbocycles. The topological polar surface area (TPSA) is 38.5 Å². The van der Waals surface area contributed by atoms with Gasteiger partial charge in [-0.2, -0.15) is 0 Å². The lowest BCUT2D eigenvalue weighted by Gasteiger charge is -2.24. The van der Waals surface area contributed by atoms with Crippen molar-refractivity contribution in [3.8, 4) is 5.75 Å². The summed E-state index contributed by atoms with van der Waals surface area (Å²) in [4.78, 5) is 3.38. The summed E-state index contributed by atoms with van der Waals surface area (Å²) >= 11 is 1.73. The van der Waals surface area contributed by atoms with Gasteiger partial charge in [0.05, 0.1) is 7.11 Å². The Bertz CT molecular complexity index is 569. The van der Waals surface area contributed by atoms with Gasteiger partial charge >= 0.3 is 0 Å². The SMILES string of the molecule is COc1ccc(N(C)c2cccc(SC)c2CN)cc1. The third kappa shape index (κ3) is 2.92. The summed E-state index contributed by atoms with van der Waals surface area (Å²) in [7, 11) is 3.73. The van der Waals surface area contributed by atoms with E-state index >= 15 is 0 Å². The number of thioether (sulfide) groups is 1. The van der Waals surface area contributed by atoms with Crippen LogP contribution in [0.15, 0.2) is 47.4 Å². The predicted molar refractivity (Wildman–Crippen MR) is 87.2 cm³/mol. The Morgan fingerprint density at radius 2 is 1.85 bits per heavy atom. The first-order chi connectivity index (χ1) is 9.71. The summed E-state index contributed by atoms with van der Waals surface area (Å²) in [6, 6.07) is 14.3. The number of anilines is 2. The molecule has 106 valence electrons. The minimum atomic E-state index is 0.535. The second kappa shape index (κ2) is 6.68. The molecule has 2 aromatic rings. The monoisotopic (exact) mass is 288 g/mol. The maximum Gasteiger partial charge on any atom is 0.119 e. The van der Waals surface area contributed by atoms with E-state index in [0.717, 1.165) is 17.1 Å². The quantitative estimate of drug-likeness (QED) is 0.852. The van der Waals surface area contributed by atoms with Gasteiger partial charge in [0.1, 0.15) is 5.75 Å². The van der Waals surface area contributed by atoms with Crippen LogP contribution in [0, 0.1) is 0 Å². The highest BCUT2D eigenvalue weighted by atomic mass is 32.2. The van der Waals surface area contributed by atoms with E-state index in [4.69, 9.17) is 10.5 Å². The van der Waals surface area contributed by atoms with Gasteiger partial charge in [0.15, 0.2) is 0 Å². The molecule has 0 fully saturated rings. The molecule has 2 rings (SSSR count). The maximum absolute atomic E-state index is 5.93. The summed E-state index contributed by atoms with van der Waals surface area (Å²) in [5, 5.41) is 0. The van der Waals surface area contributed by atoms with Crippen molar-refractivity contribution in [3.63, 3.8) is 0 Å². The van der Waals surface area contributed by atoms with E-state index in [2.05, 4.69) is 36.4 Å². The first kappa shape index (κ1) is 14.8. The maximum atomic E-state index is 5.93. The second-order valence-electron chi connectivity index (χ2n) is 4.42. The van der Waals surface area contributed by atoms with E-state index in [1.165, 1.54) is 10.5 Å². The first-order valence-electron chi connectivity index (χ1n) is 6.45. The zero-order valence-electron chi connectivity index (χ0n) is 12.1. The third-order valence-corrected chi connectivity index (χ3v) is 4.18. The molecule has 3 nitrogen and oxygen atoms in total. The number of hydrogen-bond acceptors (Lipinski definition) is 4. The average Bonchev–Trinajstić information content (AvgIpc) is 2.53. The van der Waals surface area contributed by atoms with Crippen molar-refractivity contribution in [2.75, 3.05) is 25.3 Å². The number of hydrogen-bond donors (Lipinski definition) is 1. The van der Waals surface area contributed by atoms with Crippen molar-refractivity contribution >= 4 is 23.1 Å².